The van der Waals surface area contributed by atoms with Crippen LogP contribution in [0, 0.1) is 0 Å². The monoisotopic (exact) mass is 381 g/mol. The number of anilines is 2. The molecule has 4 rings (SSSR count). The molecule has 0 saturated heterocycles. The lowest BCUT2D eigenvalue weighted by molar-refractivity contribution is -0.120. The Morgan fingerprint density at radius 2 is 2.04 bits per heavy atom. The second-order valence-electron chi connectivity index (χ2n) is 6.60. The molecule has 0 spiro atoms. The molecule has 6 nitrogen and oxygen atoms in total. The number of rotatable bonds is 5. The third-order valence-corrected chi connectivity index (χ3v) is 6.03. The number of thiazole rings is 1. The van der Waals surface area contributed by atoms with Crippen LogP contribution in [0.1, 0.15) is 33.8 Å². The summed E-state index contributed by atoms with van der Waals surface area (Å²) in [6, 6.07) is 6.75. The average molecular weight is 381 g/mol. The van der Waals surface area contributed by atoms with Crippen molar-refractivity contribution in [2.24, 2.45) is 0 Å². The van der Waals surface area contributed by atoms with Crippen LogP contribution in [0.4, 0.5) is 10.8 Å². The highest BCUT2D eigenvalue weighted by molar-refractivity contribution is 7.16. The molecule has 0 fully saturated rings. The van der Waals surface area contributed by atoms with Gasteiger partial charge in [-0.2, -0.15) is 0 Å². The van der Waals surface area contributed by atoms with Gasteiger partial charge in [0.15, 0.2) is 5.13 Å². The van der Waals surface area contributed by atoms with Crippen molar-refractivity contribution in [1.29, 1.82) is 0 Å². The summed E-state index contributed by atoms with van der Waals surface area (Å²) in [4.78, 5) is 46.2. The number of amides is 2. The number of para-hydroxylation sites is 1. The topological polar surface area (TPSA) is 70.6 Å². The normalized spacial score (nSPS) is 15.5. The number of hydrogen-bond donors (Lipinski definition) is 0. The number of aromatic nitrogens is 1. The Morgan fingerprint density at radius 3 is 2.81 bits per heavy atom. The first-order valence-electron chi connectivity index (χ1n) is 8.95. The van der Waals surface area contributed by atoms with Crippen molar-refractivity contribution in [3.8, 4) is 0 Å². The van der Waals surface area contributed by atoms with Crippen LogP contribution in [-0.4, -0.2) is 35.7 Å². The van der Waals surface area contributed by atoms with E-state index in [-0.39, 0.29) is 12.5 Å². The second-order valence-corrected chi connectivity index (χ2v) is 7.67. The Morgan fingerprint density at radius 1 is 1.26 bits per heavy atom. The zero-order valence-electron chi connectivity index (χ0n) is 14.8. The molecule has 1 aromatic heterocycles. The molecule has 2 heterocycles. The molecule has 0 unspecified atom stereocenters. The van der Waals surface area contributed by atoms with Crippen LogP contribution in [0.5, 0.6) is 0 Å². The highest BCUT2D eigenvalue weighted by Crippen LogP contribution is 2.33. The molecule has 7 heteroatoms. The van der Waals surface area contributed by atoms with E-state index in [9.17, 15) is 14.4 Å². The van der Waals surface area contributed by atoms with Gasteiger partial charge in [0.25, 0.3) is 11.7 Å². The Balaban J connectivity index is 1.60. The molecule has 2 amide bonds. The van der Waals surface area contributed by atoms with Crippen molar-refractivity contribution in [3.63, 3.8) is 0 Å². The second kappa shape index (κ2) is 7.08. The van der Waals surface area contributed by atoms with E-state index in [0.717, 1.165) is 31.4 Å². The highest BCUT2D eigenvalue weighted by atomic mass is 32.1. The number of aryl methyl sites for hydroxylation is 2. The van der Waals surface area contributed by atoms with Crippen molar-refractivity contribution in [1.82, 2.24) is 4.98 Å². The summed E-state index contributed by atoms with van der Waals surface area (Å²) in [6.45, 7) is 3.85. The SMILES string of the molecule is C=CCN(C(=O)CN1C(=O)C(=O)c2ccccc21)c1nc2c(s1)CCCC2. The zero-order chi connectivity index (χ0) is 19.0. The molecule has 1 aliphatic carbocycles. The largest absolute Gasteiger partial charge is 0.299 e. The number of carbonyl (C=O) groups excluding carboxylic acids is 3. The van der Waals surface area contributed by atoms with Gasteiger partial charge in [-0.1, -0.05) is 18.2 Å². The molecule has 1 aromatic carbocycles. The highest BCUT2D eigenvalue weighted by Gasteiger charge is 2.37. The Kier molecular flexibility index (Phi) is 4.61. The van der Waals surface area contributed by atoms with Gasteiger partial charge in [-0.25, -0.2) is 4.98 Å². The average Bonchev–Trinajstić information content (AvgIpc) is 3.21. The Labute approximate surface area is 161 Å². The smallest absolute Gasteiger partial charge is 0.295 e. The Bertz CT molecular complexity index is 926. The number of Topliss-reactive ketones (excluding diaryl/α,β-unsaturated/α-hetero) is 1. The first kappa shape index (κ1) is 17.6. The maximum atomic E-state index is 13.0. The number of carbonyl (C=O) groups is 3. The molecular weight excluding hydrogens is 362 g/mol. The third-order valence-electron chi connectivity index (χ3n) is 4.85. The summed E-state index contributed by atoms with van der Waals surface area (Å²) in [5.41, 5.74) is 1.90. The molecule has 0 atom stereocenters. The fraction of sp³-hybridized carbons (Fsp3) is 0.300. The lowest BCUT2D eigenvalue weighted by Gasteiger charge is -2.22. The first-order valence-corrected chi connectivity index (χ1v) is 9.77. The lowest BCUT2D eigenvalue weighted by Crippen LogP contribution is -2.42. The van der Waals surface area contributed by atoms with Crippen LogP contribution in [-0.2, 0) is 22.4 Å². The summed E-state index contributed by atoms with van der Waals surface area (Å²) < 4.78 is 0. The molecule has 138 valence electrons. The van der Waals surface area contributed by atoms with E-state index in [4.69, 9.17) is 0 Å². The maximum Gasteiger partial charge on any atom is 0.299 e. The fourth-order valence-electron chi connectivity index (χ4n) is 3.50. The van der Waals surface area contributed by atoms with E-state index in [1.807, 2.05) is 0 Å². The zero-order valence-corrected chi connectivity index (χ0v) is 15.6. The van der Waals surface area contributed by atoms with Crippen molar-refractivity contribution in [3.05, 3.63) is 53.1 Å². The maximum absolute atomic E-state index is 13.0. The van der Waals surface area contributed by atoms with E-state index in [0.29, 0.717) is 22.9 Å². The number of ketones is 1. The van der Waals surface area contributed by atoms with Crippen LogP contribution in [0.15, 0.2) is 36.9 Å². The standard InChI is InChI=1S/C20H19N3O3S/c1-2-11-22(20-21-14-8-4-6-10-16(14)27-20)17(24)12-23-15-9-5-3-7-13(15)18(25)19(23)26/h2-3,5,7,9H,1,4,6,8,10-12H2. The first-order chi connectivity index (χ1) is 13.1. The van der Waals surface area contributed by atoms with E-state index in [1.165, 1.54) is 21.1 Å². The molecule has 2 aliphatic rings. The van der Waals surface area contributed by atoms with E-state index in [2.05, 4.69) is 11.6 Å². The minimum absolute atomic E-state index is 0.195. The van der Waals surface area contributed by atoms with E-state index >= 15 is 0 Å². The molecule has 1 aliphatic heterocycles. The van der Waals surface area contributed by atoms with Gasteiger partial charge in [-0.05, 0) is 37.8 Å². The summed E-state index contributed by atoms with van der Waals surface area (Å²) in [5.74, 6) is -1.52. The van der Waals surface area contributed by atoms with Gasteiger partial charge >= 0.3 is 0 Å². The molecule has 0 bridgehead atoms. The molecule has 2 aromatic rings. The number of nitrogens with zero attached hydrogens (tertiary/aromatic N) is 3. The van der Waals surface area contributed by atoms with Gasteiger partial charge in [-0.15, -0.1) is 17.9 Å². The van der Waals surface area contributed by atoms with E-state index < -0.39 is 11.7 Å². The summed E-state index contributed by atoms with van der Waals surface area (Å²) in [5, 5.41) is 0.637. The molecule has 0 saturated carbocycles. The van der Waals surface area contributed by atoms with Crippen LogP contribution >= 0.6 is 11.3 Å². The molecule has 0 radical (unpaired) electrons. The van der Waals surface area contributed by atoms with Crippen molar-refractivity contribution in [2.45, 2.75) is 25.7 Å². The van der Waals surface area contributed by atoms with Gasteiger partial charge in [0, 0.05) is 11.4 Å². The van der Waals surface area contributed by atoms with Gasteiger partial charge in [0.1, 0.15) is 6.54 Å². The van der Waals surface area contributed by atoms with E-state index in [1.54, 1.807) is 35.2 Å². The van der Waals surface area contributed by atoms with Crippen LogP contribution in [0.3, 0.4) is 0 Å². The van der Waals surface area contributed by atoms with Crippen molar-refractivity contribution >= 4 is 39.8 Å². The van der Waals surface area contributed by atoms with Crippen LogP contribution in [0.2, 0.25) is 0 Å². The molecule has 27 heavy (non-hydrogen) atoms. The number of benzene rings is 1. The predicted molar refractivity (Wildman–Crippen MR) is 104 cm³/mol. The summed E-state index contributed by atoms with van der Waals surface area (Å²) >= 11 is 1.53. The van der Waals surface area contributed by atoms with Gasteiger partial charge in [0.2, 0.25) is 5.91 Å². The minimum atomic E-state index is -0.665. The van der Waals surface area contributed by atoms with Crippen LogP contribution < -0.4 is 9.80 Å². The van der Waals surface area contributed by atoms with Gasteiger partial charge in [0.05, 0.1) is 16.9 Å². The minimum Gasteiger partial charge on any atom is -0.295 e. The Hall–Kier alpha value is -2.80. The predicted octanol–water partition coefficient (Wildman–Crippen LogP) is 2.77. The fourth-order valence-corrected chi connectivity index (χ4v) is 4.67. The quantitative estimate of drug-likeness (QED) is 0.590. The number of fused-ring (bicyclic) bond motifs is 2. The molecule has 0 N–H and O–H groups in total. The lowest BCUT2D eigenvalue weighted by atomic mass is 10.0. The molecular formula is C20H19N3O3S. The number of hydrogen-bond acceptors (Lipinski definition) is 5. The van der Waals surface area contributed by atoms with Gasteiger partial charge < -0.3 is 0 Å². The van der Waals surface area contributed by atoms with Crippen molar-refractivity contribution < 1.29 is 14.4 Å². The summed E-state index contributed by atoms with van der Waals surface area (Å²) in [7, 11) is 0. The van der Waals surface area contributed by atoms with Crippen LogP contribution in [0.25, 0.3) is 0 Å². The van der Waals surface area contributed by atoms with Crippen molar-refractivity contribution in [2.75, 3.05) is 22.9 Å². The summed E-state index contributed by atoms with van der Waals surface area (Å²) in [6.07, 6.45) is 5.84. The van der Waals surface area contributed by atoms with Gasteiger partial charge in [-0.3, -0.25) is 24.2 Å². The third kappa shape index (κ3) is 3.08.